The van der Waals surface area contributed by atoms with Gasteiger partial charge in [-0.25, -0.2) is 0 Å². The maximum absolute atomic E-state index is 12.2. The molecule has 4 nitrogen and oxygen atoms in total. The highest BCUT2D eigenvalue weighted by atomic mass is 32.2. The van der Waals surface area contributed by atoms with E-state index in [4.69, 9.17) is 0 Å². The molecule has 0 saturated heterocycles. The number of nitrogens with one attached hydrogen (secondary N) is 2. The highest BCUT2D eigenvalue weighted by Crippen LogP contribution is 2.35. The Balaban J connectivity index is 1.49. The average Bonchev–Trinajstić information content (AvgIpc) is 2.61. The van der Waals surface area contributed by atoms with Crippen molar-refractivity contribution >= 4 is 23.6 Å². The zero-order valence-corrected chi connectivity index (χ0v) is 14.2. The van der Waals surface area contributed by atoms with Crippen LogP contribution < -0.4 is 10.6 Å². The fourth-order valence-electron chi connectivity index (χ4n) is 3.41. The molecule has 0 aromatic heterocycles. The first-order valence-electron chi connectivity index (χ1n) is 8.53. The van der Waals surface area contributed by atoms with E-state index in [0.29, 0.717) is 0 Å². The number of hydrogen-bond donors (Lipinski definition) is 2. The molecule has 5 heteroatoms. The molecule has 0 bridgehead atoms. The molecule has 2 aliphatic rings. The number of hydrogen-bond acceptors (Lipinski definition) is 3. The second kappa shape index (κ2) is 7.86. The number of amides is 2. The lowest BCUT2D eigenvalue weighted by Gasteiger charge is -2.26. The summed E-state index contributed by atoms with van der Waals surface area (Å²) in [6, 6.07) is 8.28. The Morgan fingerprint density at radius 3 is 2.70 bits per heavy atom. The SMILES string of the molecule is O=C(CNC(=O)C1CCCCC1)NC1CCSc2ccccc21. The molecule has 1 unspecified atom stereocenters. The van der Waals surface area contributed by atoms with E-state index in [-0.39, 0.29) is 30.3 Å². The summed E-state index contributed by atoms with van der Waals surface area (Å²) in [6.07, 6.45) is 6.33. The third-order valence-electron chi connectivity index (χ3n) is 4.69. The Hall–Kier alpha value is -1.49. The Labute approximate surface area is 141 Å². The second-order valence-electron chi connectivity index (χ2n) is 6.35. The molecule has 2 amide bonds. The van der Waals surface area contributed by atoms with E-state index >= 15 is 0 Å². The molecule has 1 atom stereocenters. The summed E-state index contributed by atoms with van der Waals surface area (Å²) in [5, 5.41) is 5.88. The van der Waals surface area contributed by atoms with E-state index in [1.807, 2.05) is 23.9 Å². The van der Waals surface area contributed by atoms with Crippen LogP contribution in [0.4, 0.5) is 0 Å². The summed E-state index contributed by atoms with van der Waals surface area (Å²) in [4.78, 5) is 25.5. The second-order valence-corrected chi connectivity index (χ2v) is 7.48. The smallest absolute Gasteiger partial charge is 0.239 e. The topological polar surface area (TPSA) is 58.2 Å². The predicted octanol–water partition coefficient (Wildman–Crippen LogP) is 3.04. The van der Waals surface area contributed by atoms with Crippen LogP contribution in [0.2, 0.25) is 0 Å². The minimum absolute atomic E-state index is 0.0412. The molecule has 1 aromatic rings. The van der Waals surface area contributed by atoms with E-state index in [9.17, 15) is 9.59 Å². The molecule has 1 fully saturated rings. The van der Waals surface area contributed by atoms with Crippen molar-refractivity contribution in [3.63, 3.8) is 0 Å². The van der Waals surface area contributed by atoms with Gasteiger partial charge in [0.05, 0.1) is 12.6 Å². The van der Waals surface area contributed by atoms with Gasteiger partial charge in [-0.3, -0.25) is 9.59 Å². The van der Waals surface area contributed by atoms with Crippen LogP contribution in [-0.4, -0.2) is 24.1 Å². The Kier molecular flexibility index (Phi) is 5.60. The van der Waals surface area contributed by atoms with Crippen molar-refractivity contribution in [2.24, 2.45) is 5.92 Å². The molecule has 1 aliphatic carbocycles. The third-order valence-corrected chi connectivity index (χ3v) is 5.82. The van der Waals surface area contributed by atoms with Gasteiger partial charge in [0, 0.05) is 16.6 Å². The van der Waals surface area contributed by atoms with Crippen molar-refractivity contribution in [1.82, 2.24) is 10.6 Å². The first-order chi connectivity index (χ1) is 11.2. The quantitative estimate of drug-likeness (QED) is 0.891. The summed E-state index contributed by atoms with van der Waals surface area (Å²) < 4.78 is 0. The van der Waals surface area contributed by atoms with E-state index in [2.05, 4.69) is 22.8 Å². The molecular formula is C18H24N2O2S. The van der Waals surface area contributed by atoms with Gasteiger partial charge in [0.15, 0.2) is 0 Å². The Morgan fingerprint density at radius 2 is 1.87 bits per heavy atom. The third kappa shape index (κ3) is 4.28. The lowest BCUT2D eigenvalue weighted by Crippen LogP contribution is -2.41. The maximum Gasteiger partial charge on any atom is 0.239 e. The Morgan fingerprint density at radius 1 is 1.09 bits per heavy atom. The molecule has 23 heavy (non-hydrogen) atoms. The number of rotatable bonds is 4. The van der Waals surface area contributed by atoms with Crippen LogP contribution in [0, 0.1) is 5.92 Å². The standard InChI is InChI=1S/C18H24N2O2S/c21-17(12-19-18(22)13-6-2-1-3-7-13)20-15-10-11-23-16-9-5-4-8-14(15)16/h4-5,8-9,13,15H,1-3,6-7,10-12H2,(H,19,22)(H,20,21). The first-order valence-corrected chi connectivity index (χ1v) is 9.51. The van der Waals surface area contributed by atoms with Gasteiger partial charge in [-0.15, -0.1) is 11.8 Å². The molecule has 1 aliphatic heterocycles. The van der Waals surface area contributed by atoms with Crippen LogP contribution in [0.25, 0.3) is 0 Å². The van der Waals surface area contributed by atoms with Gasteiger partial charge < -0.3 is 10.6 Å². The van der Waals surface area contributed by atoms with Crippen molar-refractivity contribution in [3.05, 3.63) is 29.8 Å². The number of fused-ring (bicyclic) bond motifs is 1. The average molecular weight is 332 g/mol. The van der Waals surface area contributed by atoms with E-state index in [0.717, 1.165) is 37.9 Å². The number of carbonyl (C=O) groups is 2. The molecule has 124 valence electrons. The van der Waals surface area contributed by atoms with Crippen LogP contribution in [0.5, 0.6) is 0 Å². The summed E-state index contributed by atoms with van der Waals surface area (Å²) in [6.45, 7) is 0.0845. The van der Waals surface area contributed by atoms with Gasteiger partial charge >= 0.3 is 0 Å². The van der Waals surface area contributed by atoms with Crippen molar-refractivity contribution in [2.75, 3.05) is 12.3 Å². The van der Waals surface area contributed by atoms with Crippen LogP contribution in [0.15, 0.2) is 29.2 Å². The van der Waals surface area contributed by atoms with E-state index in [1.54, 1.807) is 0 Å². The highest BCUT2D eigenvalue weighted by Gasteiger charge is 2.24. The molecule has 1 saturated carbocycles. The van der Waals surface area contributed by atoms with Gasteiger partial charge in [-0.1, -0.05) is 37.5 Å². The summed E-state index contributed by atoms with van der Waals surface area (Å²) in [5.41, 5.74) is 1.19. The van der Waals surface area contributed by atoms with Crippen LogP contribution in [-0.2, 0) is 9.59 Å². The van der Waals surface area contributed by atoms with Gasteiger partial charge in [0.1, 0.15) is 0 Å². The molecule has 1 heterocycles. The van der Waals surface area contributed by atoms with Crippen LogP contribution in [0.1, 0.15) is 50.1 Å². The minimum Gasteiger partial charge on any atom is -0.348 e. The van der Waals surface area contributed by atoms with Crippen molar-refractivity contribution in [2.45, 2.75) is 49.5 Å². The van der Waals surface area contributed by atoms with Crippen molar-refractivity contribution in [3.8, 4) is 0 Å². The first kappa shape index (κ1) is 16.4. The normalized spacial score (nSPS) is 21.3. The number of thioether (sulfide) groups is 1. The number of benzene rings is 1. The van der Waals surface area contributed by atoms with Gasteiger partial charge in [0.2, 0.25) is 11.8 Å². The molecule has 2 N–H and O–H groups in total. The minimum atomic E-state index is -0.0964. The molecule has 0 spiro atoms. The monoisotopic (exact) mass is 332 g/mol. The molecular weight excluding hydrogens is 308 g/mol. The zero-order chi connectivity index (χ0) is 16.1. The van der Waals surface area contributed by atoms with Crippen molar-refractivity contribution < 1.29 is 9.59 Å². The van der Waals surface area contributed by atoms with E-state index < -0.39 is 0 Å². The van der Waals surface area contributed by atoms with Crippen LogP contribution in [0.3, 0.4) is 0 Å². The molecule has 1 aromatic carbocycles. The fraction of sp³-hybridized carbons (Fsp3) is 0.556. The number of carbonyl (C=O) groups excluding carboxylic acids is 2. The summed E-state index contributed by atoms with van der Waals surface area (Å²) >= 11 is 1.84. The summed E-state index contributed by atoms with van der Waals surface area (Å²) in [5.74, 6) is 1.06. The van der Waals surface area contributed by atoms with Gasteiger partial charge in [0.25, 0.3) is 0 Å². The predicted molar refractivity (Wildman–Crippen MR) is 92.3 cm³/mol. The maximum atomic E-state index is 12.2. The molecule has 3 rings (SSSR count). The molecule has 0 radical (unpaired) electrons. The fourth-order valence-corrected chi connectivity index (χ4v) is 4.54. The summed E-state index contributed by atoms with van der Waals surface area (Å²) in [7, 11) is 0. The van der Waals surface area contributed by atoms with Gasteiger partial charge in [-0.2, -0.15) is 0 Å². The lowest BCUT2D eigenvalue weighted by molar-refractivity contribution is -0.129. The van der Waals surface area contributed by atoms with E-state index in [1.165, 1.54) is 16.9 Å². The van der Waals surface area contributed by atoms with Crippen molar-refractivity contribution in [1.29, 1.82) is 0 Å². The largest absolute Gasteiger partial charge is 0.348 e. The van der Waals surface area contributed by atoms with Crippen LogP contribution >= 0.6 is 11.8 Å². The lowest BCUT2D eigenvalue weighted by atomic mass is 9.89. The highest BCUT2D eigenvalue weighted by molar-refractivity contribution is 7.99. The Bertz CT molecular complexity index is 570. The zero-order valence-electron chi connectivity index (χ0n) is 13.3. The van der Waals surface area contributed by atoms with Gasteiger partial charge in [-0.05, 0) is 30.9 Å².